The molecule has 0 bridgehead atoms. The molecule has 5 amide bonds. The largest absolute Gasteiger partial charge is 0.460 e. The Hall–Kier alpha value is -6.63. The minimum Gasteiger partial charge on any atom is -0.460 e. The van der Waals surface area contributed by atoms with Gasteiger partial charge in [-0.2, -0.15) is 0 Å². The molecule has 19 heteroatoms. The molecule has 3 aliphatic heterocycles. The Balaban J connectivity index is 0.000000358. The van der Waals surface area contributed by atoms with Crippen molar-refractivity contribution in [3.8, 4) is 0 Å². The Bertz CT molecular complexity index is 2440. The molecule has 0 radical (unpaired) electrons. The highest BCUT2D eigenvalue weighted by Gasteiger charge is 2.42. The number of unbranched alkanes of at least 4 members (excludes halogenated alkanes) is 1. The molecule has 0 unspecified atom stereocenters. The first-order valence-corrected chi connectivity index (χ1v) is 28.4. The number of carbonyl (C=O) groups is 9. The zero-order chi connectivity index (χ0) is 60.2. The van der Waals surface area contributed by atoms with E-state index in [2.05, 4.69) is 21.2 Å². The summed E-state index contributed by atoms with van der Waals surface area (Å²) in [5, 5.41) is 2.98. The molecule has 3 fully saturated rings. The normalized spacial score (nSPS) is 17.2. The fraction of sp³-hybridized carbons (Fsp3) is 0.557. The number of alkyl carbamates (subject to hydrolysis) is 1. The first-order valence-electron chi connectivity index (χ1n) is 27.3. The number of hydrogen-bond donors (Lipinski definition) is 1. The highest BCUT2D eigenvalue weighted by Crippen LogP contribution is 2.32. The fourth-order valence-corrected chi connectivity index (χ4v) is 8.21. The van der Waals surface area contributed by atoms with Crippen molar-refractivity contribution in [2.45, 2.75) is 183 Å². The van der Waals surface area contributed by atoms with E-state index in [1.165, 1.54) is 11.8 Å². The summed E-state index contributed by atoms with van der Waals surface area (Å²) in [7, 11) is 0. The number of ether oxygens (including phenoxy) is 6. The second-order valence-electron chi connectivity index (χ2n) is 22.2. The van der Waals surface area contributed by atoms with Crippen molar-refractivity contribution in [3.63, 3.8) is 0 Å². The van der Waals surface area contributed by atoms with Gasteiger partial charge in [0.2, 0.25) is 11.8 Å². The van der Waals surface area contributed by atoms with Crippen LogP contribution < -0.4 is 5.32 Å². The Morgan fingerprint density at radius 3 is 1.34 bits per heavy atom. The topological polar surface area (TPSA) is 228 Å². The van der Waals surface area contributed by atoms with E-state index in [0.29, 0.717) is 19.4 Å². The third-order valence-electron chi connectivity index (χ3n) is 11.6. The van der Waals surface area contributed by atoms with Gasteiger partial charge in [-0.1, -0.05) is 147 Å². The SMILES string of the molecule is CC(C)(C)OC(=O)CBr.CCCCC(=O)N1C(=O)OC[C@@H]1c1ccccc1.CCC[C@H](CC(=O)OC(C)(C)C)C(=O)N1C(=O)OC[C@@H]1c1ccccc1.CCC[C@H](CC(=O)OC(C)(C)C)C(C)=O.O=C1N[C@@H](c2ccccc2)CO1. The number of Topliss-reactive ketones (excluding diaryl/α,β-unsaturated/α-hetero) is 1. The molecule has 442 valence electrons. The van der Waals surface area contributed by atoms with Crippen LogP contribution in [0.3, 0.4) is 0 Å². The lowest BCUT2D eigenvalue weighted by Gasteiger charge is -2.26. The number of cyclic esters (lactones) is 3. The molecule has 80 heavy (non-hydrogen) atoms. The number of imide groups is 2. The number of carbonyl (C=O) groups excluding carboxylic acids is 9. The molecule has 3 saturated heterocycles. The molecule has 5 atom stereocenters. The van der Waals surface area contributed by atoms with E-state index in [1.807, 2.05) is 153 Å². The number of amides is 5. The predicted molar refractivity (Wildman–Crippen MR) is 306 cm³/mol. The Morgan fingerprint density at radius 1 is 0.562 bits per heavy atom. The lowest BCUT2D eigenvalue weighted by Crippen LogP contribution is -2.40. The summed E-state index contributed by atoms with van der Waals surface area (Å²) in [5.74, 6) is -2.17. The van der Waals surface area contributed by atoms with E-state index in [1.54, 1.807) is 20.8 Å². The molecule has 6 rings (SSSR count). The van der Waals surface area contributed by atoms with Crippen molar-refractivity contribution < 1.29 is 71.6 Å². The minimum absolute atomic E-state index is 0.0266. The lowest BCUT2D eigenvalue weighted by atomic mass is 9.96. The molecule has 0 saturated carbocycles. The number of ketones is 1. The summed E-state index contributed by atoms with van der Waals surface area (Å²) in [6, 6.07) is 27.9. The van der Waals surface area contributed by atoms with Gasteiger partial charge in [0, 0.05) is 18.3 Å². The average Bonchev–Trinajstić information content (AvgIpc) is 4.12. The summed E-state index contributed by atoms with van der Waals surface area (Å²) >= 11 is 2.99. The lowest BCUT2D eigenvalue weighted by molar-refractivity contribution is -0.158. The van der Waals surface area contributed by atoms with Gasteiger partial charge in [-0.3, -0.25) is 28.8 Å². The molecular formula is C61H86BrN3O15. The monoisotopic (exact) mass is 1180 g/mol. The molecular weight excluding hydrogens is 1090 g/mol. The smallest absolute Gasteiger partial charge is 0.417 e. The maximum atomic E-state index is 13.0. The minimum atomic E-state index is -0.658. The quantitative estimate of drug-likeness (QED) is 0.0753. The third kappa shape index (κ3) is 26.6. The Kier molecular flexibility index (Phi) is 30.0. The van der Waals surface area contributed by atoms with E-state index in [4.69, 9.17) is 28.4 Å². The van der Waals surface area contributed by atoms with Crippen LogP contribution in [-0.2, 0) is 57.2 Å². The van der Waals surface area contributed by atoms with Crippen molar-refractivity contribution in [2.75, 3.05) is 25.2 Å². The van der Waals surface area contributed by atoms with Gasteiger partial charge in [0.05, 0.1) is 18.9 Å². The van der Waals surface area contributed by atoms with Crippen LogP contribution >= 0.6 is 15.9 Å². The third-order valence-corrected chi connectivity index (χ3v) is 12.1. The summed E-state index contributed by atoms with van der Waals surface area (Å²) < 4.78 is 30.3. The fourth-order valence-electron chi connectivity index (χ4n) is 8.09. The highest BCUT2D eigenvalue weighted by molar-refractivity contribution is 9.09. The predicted octanol–water partition coefficient (Wildman–Crippen LogP) is 12.7. The zero-order valence-corrected chi connectivity index (χ0v) is 50.7. The summed E-state index contributed by atoms with van der Waals surface area (Å²) in [6.45, 7) is 24.7. The van der Waals surface area contributed by atoms with Crippen LogP contribution in [0.1, 0.15) is 183 Å². The first-order chi connectivity index (χ1) is 37.5. The van der Waals surface area contributed by atoms with Gasteiger partial charge in [-0.25, -0.2) is 24.2 Å². The number of halogens is 1. The molecule has 0 aromatic heterocycles. The Morgan fingerprint density at radius 2 is 0.963 bits per heavy atom. The van der Waals surface area contributed by atoms with Crippen LogP contribution in [-0.4, -0.2) is 106 Å². The molecule has 1 N–H and O–H groups in total. The zero-order valence-electron chi connectivity index (χ0n) is 49.1. The average molecular weight is 1180 g/mol. The van der Waals surface area contributed by atoms with Crippen molar-refractivity contribution in [2.24, 2.45) is 11.8 Å². The van der Waals surface area contributed by atoms with Gasteiger partial charge >= 0.3 is 36.2 Å². The van der Waals surface area contributed by atoms with Gasteiger partial charge in [-0.15, -0.1) is 0 Å². The van der Waals surface area contributed by atoms with Crippen molar-refractivity contribution in [3.05, 3.63) is 108 Å². The van der Waals surface area contributed by atoms with Gasteiger partial charge < -0.3 is 33.7 Å². The maximum Gasteiger partial charge on any atom is 0.417 e. The van der Waals surface area contributed by atoms with Crippen LogP contribution in [0.4, 0.5) is 14.4 Å². The number of rotatable bonds is 17. The Labute approximate surface area is 481 Å². The van der Waals surface area contributed by atoms with Gasteiger partial charge in [0.15, 0.2) is 0 Å². The van der Waals surface area contributed by atoms with Crippen LogP contribution in [0.2, 0.25) is 0 Å². The molecule has 3 heterocycles. The summed E-state index contributed by atoms with van der Waals surface area (Å²) in [6.07, 6.45) is 3.67. The molecule has 0 aliphatic carbocycles. The van der Waals surface area contributed by atoms with Crippen LogP contribution in [0.25, 0.3) is 0 Å². The van der Waals surface area contributed by atoms with E-state index >= 15 is 0 Å². The van der Waals surface area contributed by atoms with Gasteiger partial charge in [0.25, 0.3) is 0 Å². The van der Waals surface area contributed by atoms with Crippen LogP contribution in [0.5, 0.6) is 0 Å². The van der Waals surface area contributed by atoms with Crippen LogP contribution in [0.15, 0.2) is 91.0 Å². The number of esters is 3. The summed E-state index contributed by atoms with van der Waals surface area (Å²) in [4.78, 5) is 107. The molecule has 18 nitrogen and oxygen atoms in total. The second kappa shape index (κ2) is 34.5. The summed E-state index contributed by atoms with van der Waals surface area (Å²) in [5.41, 5.74) is 1.42. The number of alkyl halides is 1. The molecule has 0 spiro atoms. The number of hydrogen-bond acceptors (Lipinski definition) is 15. The highest BCUT2D eigenvalue weighted by atomic mass is 79.9. The second-order valence-corrected chi connectivity index (χ2v) is 22.7. The van der Waals surface area contributed by atoms with E-state index in [9.17, 15) is 43.2 Å². The first kappa shape index (κ1) is 69.5. The van der Waals surface area contributed by atoms with E-state index in [0.717, 1.165) is 53.7 Å². The molecule has 3 aromatic carbocycles. The maximum absolute atomic E-state index is 13.0. The number of nitrogens with zero attached hydrogens (tertiary/aromatic N) is 2. The van der Waals surface area contributed by atoms with Gasteiger partial charge in [-0.05, 0) is 105 Å². The molecule has 3 aromatic rings. The standard InChI is InChI=1S/C20H27NO5.C14H17NO3.C12H22O3.C9H9NO2.C6H11BrO2/c1-5-9-15(12-17(22)26-20(2,3)4)18(23)21-16(13-25-19(21)24)14-10-7-6-8-11-14;1-2-3-9-13(16)15-12(10-18-14(15)17)11-7-5-4-6-8-11;1-6-7-10(9(2)13)8-11(14)15-12(3,4)5;11-9-10-8(6-12-9)7-4-2-1-3-5-7;1-6(2,3)9-5(8)4-7/h6-8,10-11,15-16H,5,9,12-13H2,1-4H3;4-8,12H,2-3,9-10H2,1H3;10H,6-8H2,1-5H3;1-5,8H,6H2,(H,10,11);4H2,1-3H3/t15-,16-;12-;10-;8-;/m1111./s1. The van der Waals surface area contributed by atoms with E-state index < -0.39 is 41.3 Å². The number of benzene rings is 3. The van der Waals surface area contributed by atoms with Gasteiger partial charge in [0.1, 0.15) is 59.8 Å². The van der Waals surface area contributed by atoms with E-state index in [-0.39, 0.29) is 90.6 Å². The van der Waals surface area contributed by atoms with Crippen molar-refractivity contribution in [1.82, 2.24) is 15.1 Å². The van der Waals surface area contributed by atoms with Crippen LogP contribution in [0, 0.1) is 11.8 Å². The van der Waals surface area contributed by atoms with Crippen molar-refractivity contribution in [1.29, 1.82) is 0 Å². The number of nitrogens with one attached hydrogen (secondary N) is 1. The van der Waals surface area contributed by atoms with Crippen molar-refractivity contribution >= 4 is 69.7 Å². The molecule has 3 aliphatic rings.